The van der Waals surface area contributed by atoms with Gasteiger partial charge < -0.3 is 19.1 Å². The SMILES string of the molecule is COc1cccc(S(=O)(=O)N2CCN(c3cc(S(=O)(=O)N4CCOCC4)ccc3OC)CC2)c1. The molecule has 4 rings (SSSR count). The molecule has 2 aliphatic rings. The summed E-state index contributed by atoms with van der Waals surface area (Å²) in [4.78, 5) is 2.31. The first kappa shape index (κ1) is 24.7. The second-order valence-electron chi connectivity index (χ2n) is 7.92. The van der Waals surface area contributed by atoms with Crippen LogP contribution in [0.2, 0.25) is 0 Å². The van der Waals surface area contributed by atoms with Gasteiger partial charge in [0.25, 0.3) is 0 Å². The smallest absolute Gasteiger partial charge is 0.243 e. The Morgan fingerprint density at radius 2 is 1.35 bits per heavy atom. The second kappa shape index (κ2) is 10.1. The van der Waals surface area contributed by atoms with Crippen molar-refractivity contribution in [3.63, 3.8) is 0 Å². The van der Waals surface area contributed by atoms with Crippen LogP contribution in [-0.4, -0.2) is 92.1 Å². The molecule has 2 aromatic carbocycles. The maximum Gasteiger partial charge on any atom is 0.243 e. The van der Waals surface area contributed by atoms with Crippen LogP contribution in [-0.2, 0) is 24.8 Å². The van der Waals surface area contributed by atoms with Crippen LogP contribution in [0.1, 0.15) is 0 Å². The Morgan fingerprint density at radius 1 is 0.735 bits per heavy atom. The van der Waals surface area contributed by atoms with Gasteiger partial charge in [-0.1, -0.05) is 6.07 Å². The number of methoxy groups -OCH3 is 2. The molecule has 0 saturated carbocycles. The monoisotopic (exact) mass is 511 g/mol. The molecule has 0 spiro atoms. The molecule has 2 heterocycles. The van der Waals surface area contributed by atoms with E-state index < -0.39 is 20.0 Å². The minimum Gasteiger partial charge on any atom is -0.497 e. The summed E-state index contributed by atoms with van der Waals surface area (Å²) in [6, 6.07) is 11.2. The first-order valence-corrected chi connectivity index (χ1v) is 13.8. The number of morpholine rings is 1. The van der Waals surface area contributed by atoms with Crippen molar-refractivity contribution >= 4 is 25.7 Å². The first-order chi connectivity index (χ1) is 16.3. The highest BCUT2D eigenvalue weighted by atomic mass is 32.2. The van der Waals surface area contributed by atoms with E-state index in [1.807, 2.05) is 4.90 Å². The van der Waals surface area contributed by atoms with Gasteiger partial charge in [0.2, 0.25) is 20.0 Å². The van der Waals surface area contributed by atoms with Gasteiger partial charge in [0.05, 0.1) is 42.9 Å². The lowest BCUT2D eigenvalue weighted by atomic mass is 10.2. The van der Waals surface area contributed by atoms with E-state index in [9.17, 15) is 16.8 Å². The van der Waals surface area contributed by atoms with Crippen molar-refractivity contribution in [3.05, 3.63) is 42.5 Å². The number of nitrogens with zero attached hydrogens (tertiary/aromatic N) is 3. The molecular weight excluding hydrogens is 482 g/mol. The molecule has 0 unspecified atom stereocenters. The molecule has 0 bridgehead atoms. The molecule has 0 aromatic heterocycles. The summed E-state index contributed by atoms with van der Waals surface area (Å²) in [5.41, 5.74) is 0.621. The largest absolute Gasteiger partial charge is 0.497 e. The van der Waals surface area contributed by atoms with Crippen LogP contribution in [0.4, 0.5) is 5.69 Å². The molecule has 186 valence electrons. The molecule has 2 aromatic rings. The van der Waals surface area contributed by atoms with Crippen LogP contribution in [0.5, 0.6) is 11.5 Å². The van der Waals surface area contributed by atoms with Gasteiger partial charge in [0.15, 0.2) is 0 Å². The lowest BCUT2D eigenvalue weighted by Crippen LogP contribution is -2.48. The molecule has 0 radical (unpaired) electrons. The fourth-order valence-electron chi connectivity index (χ4n) is 4.09. The molecule has 0 atom stereocenters. The Labute approximate surface area is 200 Å². The summed E-state index contributed by atoms with van der Waals surface area (Å²) in [6.45, 7) is 2.64. The van der Waals surface area contributed by atoms with E-state index >= 15 is 0 Å². The molecule has 10 nitrogen and oxygen atoms in total. The molecule has 0 aliphatic carbocycles. The van der Waals surface area contributed by atoms with Crippen LogP contribution >= 0.6 is 0 Å². The summed E-state index contributed by atoms with van der Waals surface area (Å²) in [6.07, 6.45) is 0. The Kier molecular flexibility index (Phi) is 7.33. The number of benzene rings is 2. The molecule has 2 fully saturated rings. The molecule has 2 aliphatic heterocycles. The van der Waals surface area contributed by atoms with E-state index in [0.29, 0.717) is 56.6 Å². The number of hydrogen-bond acceptors (Lipinski definition) is 8. The highest BCUT2D eigenvalue weighted by molar-refractivity contribution is 7.89. The summed E-state index contributed by atoms with van der Waals surface area (Å²) < 4.78 is 71.2. The topological polar surface area (TPSA) is 106 Å². The minimum atomic E-state index is -3.68. The predicted molar refractivity (Wildman–Crippen MR) is 127 cm³/mol. The highest BCUT2D eigenvalue weighted by Gasteiger charge is 2.31. The Morgan fingerprint density at radius 3 is 1.97 bits per heavy atom. The van der Waals surface area contributed by atoms with E-state index in [1.165, 1.54) is 35.0 Å². The number of rotatable bonds is 7. The zero-order valence-corrected chi connectivity index (χ0v) is 20.8. The third-order valence-corrected chi connectivity index (χ3v) is 9.81. The van der Waals surface area contributed by atoms with E-state index in [1.54, 1.807) is 30.3 Å². The van der Waals surface area contributed by atoms with Crippen LogP contribution in [0.3, 0.4) is 0 Å². The van der Waals surface area contributed by atoms with Crippen molar-refractivity contribution in [1.29, 1.82) is 0 Å². The van der Waals surface area contributed by atoms with Crippen LogP contribution in [0.25, 0.3) is 0 Å². The average molecular weight is 512 g/mol. The third kappa shape index (κ3) is 4.86. The fraction of sp³-hybridized carbons (Fsp3) is 0.455. The predicted octanol–water partition coefficient (Wildman–Crippen LogP) is 1.24. The normalized spacial score (nSPS) is 18.6. The minimum absolute atomic E-state index is 0.177. The summed E-state index contributed by atoms with van der Waals surface area (Å²) in [5.74, 6) is 1.01. The molecule has 2 saturated heterocycles. The van der Waals surface area contributed by atoms with Gasteiger partial charge in [0, 0.05) is 45.3 Å². The summed E-state index contributed by atoms with van der Waals surface area (Å²) in [7, 11) is -4.34. The van der Waals surface area contributed by atoms with Crippen molar-refractivity contribution in [1.82, 2.24) is 8.61 Å². The van der Waals surface area contributed by atoms with Crippen molar-refractivity contribution in [2.45, 2.75) is 9.79 Å². The van der Waals surface area contributed by atoms with Gasteiger partial charge in [-0.2, -0.15) is 8.61 Å². The van der Waals surface area contributed by atoms with Gasteiger partial charge >= 0.3 is 0 Å². The first-order valence-electron chi connectivity index (χ1n) is 10.9. The van der Waals surface area contributed by atoms with E-state index in [-0.39, 0.29) is 22.9 Å². The number of ether oxygens (including phenoxy) is 3. The van der Waals surface area contributed by atoms with Crippen molar-refractivity contribution in [3.8, 4) is 11.5 Å². The lowest BCUT2D eigenvalue weighted by molar-refractivity contribution is 0.0730. The maximum absolute atomic E-state index is 13.1. The molecular formula is C22H29N3O7S2. The Balaban J connectivity index is 1.54. The van der Waals surface area contributed by atoms with Crippen LogP contribution in [0, 0.1) is 0 Å². The number of piperazine rings is 1. The zero-order valence-electron chi connectivity index (χ0n) is 19.2. The average Bonchev–Trinajstić information content (AvgIpc) is 2.89. The van der Waals surface area contributed by atoms with E-state index in [0.717, 1.165) is 0 Å². The second-order valence-corrected chi connectivity index (χ2v) is 11.8. The van der Waals surface area contributed by atoms with Crippen molar-refractivity contribution in [2.75, 3.05) is 71.6 Å². The Hall–Kier alpha value is -2.38. The molecule has 0 amide bonds. The van der Waals surface area contributed by atoms with Crippen molar-refractivity contribution < 1.29 is 31.0 Å². The van der Waals surface area contributed by atoms with E-state index in [4.69, 9.17) is 14.2 Å². The maximum atomic E-state index is 13.1. The zero-order chi connectivity index (χ0) is 24.3. The van der Waals surface area contributed by atoms with Gasteiger partial charge in [-0.25, -0.2) is 16.8 Å². The van der Waals surface area contributed by atoms with Crippen LogP contribution in [0.15, 0.2) is 52.3 Å². The molecule has 12 heteroatoms. The summed E-state index contributed by atoms with van der Waals surface area (Å²) >= 11 is 0. The fourth-order valence-corrected chi connectivity index (χ4v) is 6.98. The van der Waals surface area contributed by atoms with Gasteiger partial charge in [-0.3, -0.25) is 0 Å². The number of anilines is 1. The Bertz CT molecular complexity index is 1220. The quantitative estimate of drug-likeness (QED) is 0.547. The van der Waals surface area contributed by atoms with Crippen molar-refractivity contribution in [2.24, 2.45) is 0 Å². The van der Waals surface area contributed by atoms with Gasteiger partial charge in [0.1, 0.15) is 11.5 Å². The molecule has 34 heavy (non-hydrogen) atoms. The third-order valence-electron chi connectivity index (χ3n) is 6.02. The van der Waals surface area contributed by atoms with Gasteiger partial charge in [-0.15, -0.1) is 0 Å². The van der Waals surface area contributed by atoms with Crippen LogP contribution < -0.4 is 14.4 Å². The lowest BCUT2D eigenvalue weighted by Gasteiger charge is -2.36. The summed E-state index contributed by atoms with van der Waals surface area (Å²) in [5, 5.41) is 0. The van der Waals surface area contributed by atoms with E-state index in [2.05, 4.69) is 0 Å². The molecule has 0 N–H and O–H groups in total. The number of sulfonamides is 2. The number of hydrogen-bond donors (Lipinski definition) is 0. The highest BCUT2D eigenvalue weighted by Crippen LogP contribution is 2.33. The standard InChI is InChI=1S/C22H29N3O7S2/c1-30-18-4-3-5-19(16-18)33(26,27)24-10-8-23(9-11-24)21-17-20(6-7-22(21)31-2)34(28,29)25-12-14-32-15-13-25/h3-7,16-17H,8-15H2,1-2H3. The van der Waals surface area contributed by atoms with Gasteiger partial charge in [-0.05, 0) is 30.3 Å².